The molecule has 96 valence electrons. The maximum atomic E-state index is 11.0. The van der Waals surface area contributed by atoms with E-state index < -0.39 is 5.97 Å². The van der Waals surface area contributed by atoms with E-state index in [-0.39, 0.29) is 0 Å². The first-order chi connectivity index (χ1) is 8.45. The van der Waals surface area contributed by atoms with Gasteiger partial charge in [-0.15, -0.1) is 11.3 Å². The van der Waals surface area contributed by atoms with Gasteiger partial charge in [0.05, 0.1) is 5.69 Å². The van der Waals surface area contributed by atoms with Crippen molar-refractivity contribution in [3.8, 4) is 10.4 Å². The van der Waals surface area contributed by atoms with Gasteiger partial charge in [-0.25, -0.2) is 4.79 Å². The maximum absolute atomic E-state index is 11.0. The Kier molecular flexibility index (Phi) is 3.26. The molecule has 4 nitrogen and oxygen atoms in total. The summed E-state index contributed by atoms with van der Waals surface area (Å²) in [5.74, 6) is -0.868. The standard InChI is InChI=1S/C13H16N2O2S/c1-5-15-9(4)11(8(3)14-15)12-7(2)6-10(18-12)13(16)17/h6H,5H2,1-4H3,(H,16,17). The molecule has 0 aliphatic carbocycles. The van der Waals surface area contributed by atoms with E-state index in [1.165, 1.54) is 11.3 Å². The zero-order chi connectivity index (χ0) is 13.4. The van der Waals surface area contributed by atoms with Gasteiger partial charge in [-0.3, -0.25) is 4.68 Å². The van der Waals surface area contributed by atoms with E-state index >= 15 is 0 Å². The normalized spacial score (nSPS) is 10.9. The molecule has 0 spiro atoms. The molecule has 2 aromatic heterocycles. The summed E-state index contributed by atoms with van der Waals surface area (Å²) < 4.78 is 1.95. The molecule has 0 aliphatic rings. The van der Waals surface area contributed by atoms with Crippen molar-refractivity contribution < 1.29 is 9.90 Å². The van der Waals surface area contributed by atoms with Crippen LogP contribution in [0.5, 0.6) is 0 Å². The summed E-state index contributed by atoms with van der Waals surface area (Å²) in [5, 5.41) is 13.5. The van der Waals surface area contributed by atoms with Gasteiger partial charge in [-0.05, 0) is 39.3 Å². The highest BCUT2D eigenvalue weighted by Crippen LogP contribution is 2.36. The molecular formula is C13H16N2O2S. The molecule has 5 heteroatoms. The van der Waals surface area contributed by atoms with Crippen LogP contribution >= 0.6 is 11.3 Å². The third-order valence-electron chi connectivity index (χ3n) is 3.04. The summed E-state index contributed by atoms with van der Waals surface area (Å²) in [6.45, 7) is 8.81. The van der Waals surface area contributed by atoms with Crippen LogP contribution in [0.3, 0.4) is 0 Å². The smallest absolute Gasteiger partial charge is 0.345 e. The van der Waals surface area contributed by atoms with E-state index in [4.69, 9.17) is 5.11 Å². The van der Waals surface area contributed by atoms with Crippen molar-refractivity contribution in [2.24, 2.45) is 0 Å². The number of aryl methyl sites for hydroxylation is 3. The number of nitrogens with zero attached hydrogens (tertiary/aromatic N) is 2. The van der Waals surface area contributed by atoms with Crippen LogP contribution in [0, 0.1) is 20.8 Å². The number of hydrogen-bond acceptors (Lipinski definition) is 3. The molecule has 0 unspecified atom stereocenters. The van der Waals surface area contributed by atoms with Crippen molar-refractivity contribution in [1.29, 1.82) is 0 Å². The molecule has 0 atom stereocenters. The summed E-state index contributed by atoms with van der Waals surface area (Å²) in [7, 11) is 0. The van der Waals surface area contributed by atoms with Crippen molar-refractivity contribution in [2.45, 2.75) is 34.2 Å². The predicted molar refractivity (Wildman–Crippen MR) is 72.4 cm³/mol. The summed E-state index contributed by atoms with van der Waals surface area (Å²) in [4.78, 5) is 12.4. The second-order valence-electron chi connectivity index (χ2n) is 4.29. The SMILES string of the molecule is CCn1nc(C)c(-c2sc(C(=O)O)cc2C)c1C. The molecule has 0 amide bonds. The number of aromatic carboxylic acids is 1. The Hall–Kier alpha value is -1.62. The molecular weight excluding hydrogens is 248 g/mol. The molecule has 2 aromatic rings. The number of carbonyl (C=O) groups is 1. The van der Waals surface area contributed by atoms with Crippen molar-refractivity contribution in [1.82, 2.24) is 9.78 Å². The lowest BCUT2D eigenvalue weighted by molar-refractivity contribution is 0.0702. The minimum Gasteiger partial charge on any atom is -0.477 e. The van der Waals surface area contributed by atoms with Gasteiger partial charge in [0.2, 0.25) is 0 Å². The minimum absolute atomic E-state index is 0.380. The Morgan fingerprint density at radius 3 is 2.56 bits per heavy atom. The monoisotopic (exact) mass is 264 g/mol. The van der Waals surface area contributed by atoms with Gasteiger partial charge < -0.3 is 5.11 Å². The molecule has 0 aromatic carbocycles. The lowest BCUT2D eigenvalue weighted by atomic mass is 10.1. The largest absolute Gasteiger partial charge is 0.477 e. The predicted octanol–water partition coefficient (Wildman–Crippen LogP) is 3.25. The van der Waals surface area contributed by atoms with Gasteiger partial charge in [0.25, 0.3) is 0 Å². The highest BCUT2D eigenvalue weighted by Gasteiger charge is 2.19. The van der Waals surface area contributed by atoms with Crippen LogP contribution in [-0.2, 0) is 6.54 Å². The van der Waals surface area contributed by atoms with Crippen LogP contribution in [-0.4, -0.2) is 20.9 Å². The second kappa shape index (κ2) is 4.57. The third-order valence-corrected chi connectivity index (χ3v) is 4.28. The molecule has 18 heavy (non-hydrogen) atoms. The molecule has 2 rings (SSSR count). The summed E-state index contributed by atoms with van der Waals surface area (Å²) in [6, 6.07) is 1.73. The van der Waals surface area contributed by atoms with Crippen molar-refractivity contribution >= 4 is 17.3 Å². The van der Waals surface area contributed by atoms with Gasteiger partial charge in [-0.1, -0.05) is 0 Å². The zero-order valence-electron chi connectivity index (χ0n) is 10.9. The fraction of sp³-hybridized carbons (Fsp3) is 0.385. The average molecular weight is 264 g/mol. The number of thiophene rings is 1. The minimum atomic E-state index is -0.868. The molecule has 0 aliphatic heterocycles. The van der Waals surface area contributed by atoms with Gasteiger partial charge in [0.1, 0.15) is 4.88 Å². The van der Waals surface area contributed by atoms with E-state index in [0.29, 0.717) is 4.88 Å². The number of hydrogen-bond donors (Lipinski definition) is 1. The first-order valence-corrected chi connectivity index (χ1v) is 6.65. The third kappa shape index (κ3) is 1.95. The van der Waals surface area contributed by atoms with Crippen LogP contribution < -0.4 is 0 Å². The summed E-state index contributed by atoms with van der Waals surface area (Å²) >= 11 is 1.32. The van der Waals surface area contributed by atoms with E-state index in [0.717, 1.165) is 33.9 Å². The molecule has 0 saturated heterocycles. The van der Waals surface area contributed by atoms with Gasteiger partial charge >= 0.3 is 5.97 Å². The van der Waals surface area contributed by atoms with E-state index in [2.05, 4.69) is 5.10 Å². The van der Waals surface area contributed by atoms with E-state index in [1.807, 2.05) is 32.4 Å². The molecule has 0 saturated carbocycles. The number of aromatic nitrogens is 2. The highest BCUT2D eigenvalue weighted by atomic mass is 32.1. The fourth-order valence-corrected chi connectivity index (χ4v) is 3.33. The van der Waals surface area contributed by atoms with Gasteiger partial charge in [-0.2, -0.15) is 5.10 Å². The van der Waals surface area contributed by atoms with Crippen molar-refractivity contribution in [3.05, 3.63) is 27.9 Å². The van der Waals surface area contributed by atoms with Crippen LogP contribution in [0.1, 0.15) is 33.5 Å². The average Bonchev–Trinajstić information content (AvgIpc) is 2.80. The van der Waals surface area contributed by atoms with Crippen molar-refractivity contribution in [2.75, 3.05) is 0 Å². The molecule has 0 radical (unpaired) electrons. The molecule has 0 fully saturated rings. The van der Waals surface area contributed by atoms with Crippen LogP contribution in [0.2, 0.25) is 0 Å². The van der Waals surface area contributed by atoms with Gasteiger partial charge in [0, 0.05) is 22.7 Å². The first-order valence-electron chi connectivity index (χ1n) is 5.83. The van der Waals surface area contributed by atoms with Crippen LogP contribution in [0.15, 0.2) is 6.07 Å². The van der Waals surface area contributed by atoms with Gasteiger partial charge in [0.15, 0.2) is 0 Å². The second-order valence-corrected chi connectivity index (χ2v) is 5.34. The fourth-order valence-electron chi connectivity index (χ4n) is 2.17. The van der Waals surface area contributed by atoms with E-state index in [1.54, 1.807) is 6.07 Å². The van der Waals surface area contributed by atoms with Crippen LogP contribution in [0.25, 0.3) is 10.4 Å². The lowest BCUT2D eigenvalue weighted by Gasteiger charge is -2.01. The Labute approximate surface area is 110 Å². The van der Waals surface area contributed by atoms with E-state index in [9.17, 15) is 4.79 Å². The van der Waals surface area contributed by atoms with Crippen LogP contribution in [0.4, 0.5) is 0 Å². The molecule has 0 bridgehead atoms. The Morgan fingerprint density at radius 1 is 1.44 bits per heavy atom. The highest BCUT2D eigenvalue weighted by molar-refractivity contribution is 7.17. The Balaban J connectivity index is 2.62. The molecule has 2 heterocycles. The number of rotatable bonds is 3. The maximum Gasteiger partial charge on any atom is 0.345 e. The summed E-state index contributed by atoms with van der Waals surface area (Å²) in [5.41, 5.74) is 4.12. The quantitative estimate of drug-likeness (QED) is 0.925. The zero-order valence-corrected chi connectivity index (χ0v) is 11.8. The van der Waals surface area contributed by atoms with Crippen molar-refractivity contribution in [3.63, 3.8) is 0 Å². The topological polar surface area (TPSA) is 55.1 Å². The Bertz CT molecular complexity index is 611. The number of carboxylic acid groups (broad SMARTS) is 1. The Morgan fingerprint density at radius 2 is 2.11 bits per heavy atom. The first kappa shape index (κ1) is 12.8. The molecule has 1 N–H and O–H groups in total. The summed E-state index contributed by atoms with van der Waals surface area (Å²) in [6.07, 6.45) is 0. The lowest BCUT2D eigenvalue weighted by Crippen LogP contribution is -1.98. The number of carboxylic acids is 1.